The Bertz CT molecular complexity index is 685. The molecule has 2 N–H and O–H groups in total. The van der Waals surface area contributed by atoms with Crippen LogP contribution in [0.5, 0.6) is 5.75 Å². The number of rotatable bonds is 8. The number of amides is 3. The number of nitrogens with one attached hydrogen (secondary N) is 2. The van der Waals surface area contributed by atoms with Crippen LogP contribution < -0.4 is 15.4 Å². The van der Waals surface area contributed by atoms with Crippen LogP contribution in [0.3, 0.4) is 0 Å². The topological polar surface area (TPSA) is 83.8 Å². The summed E-state index contributed by atoms with van der Waals surface area (Å²) in [6.07, 6.45) is 3.21. The minimum Gasteiger partial charge on any atom is -0.492 e. The van der Waals surface area contributed by atoms with Gasteiger partial charge in [0.05, 0.1) is 25.6 Å². The number of carbonyl (C=O) groups excluding carboxylic acids is 2. The van der Waals surface area contributed by atoms with Crippen molar-refractivity contribution in [2.45, 2.75) is 20.4 Å². The molecule has 3 amide bonds. The number of benzene rings is 1. The second-order valence-corrected chi connectivity index (χ2v) is 5.44. The largest absolute Gasteiger partial charge is 0.492 e. The van der Waals surface area contributed by atoms with Gasteiger partial charge in [-0.3, -0.25) is 4.79 Å². The zero-order valence-electron chi connectivity index (χ0n) is 14.5. The summed E-state index contributed by atoms with van der Waals surface area (Å²) in [6.45, 7) is 5.18. The van der Waals surface area contributed by atoms with Crippen molar-refractivity contribution in [1.82, 2.24) is 10.2 Å². The predicted molar refractivity (Wildman–Crippen MR) is 94.4 cm³/mol. The van der Waals surface area contributed by atoms with Crippen LogP contribution in [0.25, 0.3) is 0 Å². The first-order valence-electron chi connectivity index (χ1n) is 8.12. The second kappa shape index (κ2) is 9.36. The number of urea groups is 1. The van der Waals surface area contributed by atoms with Crippen molar-refractivity contribution in [3.8, 4) is 5.75 Å². The highest BCUT2D eigenvalue weighted by molar-refractivity contribution is 5.88. The summed E-state index contributed by atoms with van der Waals surface area (Å²) in [5.41, 5.74) is 1.62. The molecule has 7 nitrogen and oxygen atoms in total. The first kappa shape index (κ1) is 18.4. The Morgan fingerprint density at radius 1 is 1.28 bits per heavy atom. The number of furan rings is 1. The van der Waals surface area contributed by atoms with Crippen LogP contribution in [0, 0.1) is 0 Å². The second-order valence-electron chi connectivity index (χ2n) is 5.44. The maximum absolute atomic E-state index is 12.2. The molecule has 0 spiro atoms. The summed E-state index contributed by atoms with van der Waals surface area (Å²) in [5.74, 6) is 0.493. The Balaban J connectivity index is 1.74. The van der Waals surface area contributed by atoms with Crippen molar-refractivity contribution in [2.24, 2.45) is 0 Å². The summed E-state index contributed by atoms with van der Waals surface area (Å²) < 4.78 is 10.6. The Morgan fingerprint density at radius 2 is 2.12 bits per heavy atom. The summed E-state index contributed by atoms with van der Waals surface area (Å²) >= 11 is 0. The Labute approximate surface area is 146 Å². The highest BCUT2D eigenvalue weighted by atomic mass is 16.5. The van der Waals surface area contributed by atoms with E-state index in [0.29, 0.717) is 37.7 Å². The molecule has 0 radical (unpaired) electrons. The highest BCUT2D eigenvalue weighted by Gasteiger charge is 2.12. The molecule has 0 bridgehead atoms. The zero-order valence-corrected chi connectivity index (χ0v) is 14.5. The molecule has 0 saturated heterocycles. The van der Waals surface area contributed by atoms with E-state index in [9.17, 15) is 9.59 Å². The normalized spacial score (nSPS) is 10.2. The van der Waals surface area contributed by atoms with E-state index in [-0.39, 0.29) is 11.9 Å². The summed E-state index contributed by atoms with van der Waals surface area (Å²) in [5, 5.41) is 5.52. The van der Waals surface area contributed by atoms with Gasteiger partial charge in [0.15, 0.2) is 0 Å². The molecule has 2 aromatic rings. The molecule has 0 unspecified atom stereocenters. The van der Waals surface area contributed by atoms with Gasteiger partial charge in [-0.1, -0.05) is 6.07 Å². The van der Waals surface area contributed by atoms with Crippen molar-refractivity contribution in [3.63, 3.8) is 0 Å². The van der Waals surface area contributed by atoms with Crippen molar-refractivity contribution >= 4 is 17.6 Å². The first-order chi connectivity index (χ1) is 12.1. The van der Waals surface area contributed by atoms with Gasteiger partial charge in [-0.05, 0) is 25.1 Å². The number of nitrogens with zero attached hydrogens (tertiary/aromatic N) is 1. The number of carbonyl (C=O) groups is 2. The standard InChI is InChI=1S/C18H23N3O4/c1-3-21(12-15-7-9-24-13-15)18(23)19-8-10-25-17-6-4-5-16(11-17)20-14(2)22/h4-7,9,11,13H,3,8,10,12H2,1-2H3,(H,19,23)(H,20,22). The van der Waals surface area contributed by atoms with Gasteiger partial charge in [-0.2, -0.15) is 0 Å². The third kappa shape index (κ3) is 6.21. The molecular weight excluding hydrogens is 322 g/mol. The van der Waals surface area contributed by atoms with Gasteiger partial charge < -0.3 is 24.7 Å². The Kier molecular flexibility index (Phi) is 6.88. The minimum atomic E-state index is -0.153. The summed E-state index contributed by atoms with van der Waals surface area (Å²) in [4.78, 5) is 24.9. The van der Waals surface area contributed by atoms with Crippen LogP contribution in [-0.2, 0) is 11.3 Å². The van der Waals surface area contributed by atoms with E-state index < -0.39 is 0 Å². The maximum Gasteiger partial charge on any atom is 0.317 e. The van der Waals surface area contributed by atoms with Crippen molar-refractivity contribution in [2.75, 3.05) is 25.0 Å². The number of anilines is 1. The van der Waals surface area contributed by atoms with E-state index in [2.05, 4.69) is 10.6 Å². The smallest absolute Gasteiger partial charge is 0.317 e. The van der Waals surface area contributed by atoms with Crippen molar-refractivity contribution in [1.29, 1.82) is 0 Å². The molecule has 0 aliphatic rings. The SMILES string of the molecule is CCN(Cc1ccoc1)C(=O)NCCOc1cccc(NC(C)=O)c1. The van der Waals surface area contributed by atoms with Gasteiger partial charge in [-0.25, -0.2) is 4.79 Å². The van der Waals surface area contributed by atoms with Crippen LogP contribution in [-0.4, -0.2) is 36.5 Å². The molecule has 0 saturated carbocycles. The fourth-order valence-corrected chi connectivity index (χ4v) is 2.24. The van der Waals surface area contributed by atoms with Gasteiger partial charge >= 0.3 is 6.03 Å². The molecule has 0 fully saturated rings. The van der Waals surface area contributed by atoms with Crippen LogP contribution in [0.2, 0.25) is 0 Å². The number of hydrogen-bond donors (Lipinski definition) is 2. The van der Waals surface area contributed by atoms with E-state index in [1.54, 1.807) is 41.7 Å². The summed E-state index contributed by atoms with van der Waals surface area (Å²) in [7, 11) is 0. The van der Waals surface area contributed by atoms with Crippen LogP contribution in [0.1, 0.15) is 19.4 Å². The molecule has 7 heteroatoms. The fourth-order valence-electron chi connectivity index (χ4n) is 2.24. The van der Waals surface area contributed by atoms with Crippen LogP contribution in [0.4, 0.5) is 10.5 Å². The third-order valence-corrected chi connectivity index (χ3v) is 3.42. The van der Waals surface area contributed by atoms with Gasteiger partial charge in [0.25, 0.3) is 0 Å². The minimum absolute atomic E-state index is 0.137. The molecular formula is C18H23N3O4. The lowest BCUT2D eigenvalue weighted by Gasteiger charge is -2.20. The predicted octanol–water partition coefficient (Wildman–Crippen LogP) is 2.85. The molecule has 1 aromatic carbocycles. The van der Waals surface area contributed by atoms with Gasteiger partial charge in [0, 0.05) is 30.8 Å². The average molecular weight is 345 g/mol. The van der Waals surface area contributed by atoms with Gasteiger partial charge in [0.2, 0.25) is 5.91 Å². The molecule has 1 heterocycles. The molecule has 1 aromatic heterocycles. The lowest BCUT2D eigenvalue weighted by atomic mass is 10.3. The number of hydrogen-bond acceptors (Lipinski definition) is 4. The maximum atomic E-state index is 12.2. The van der Waals surface area contributed by atoms with Crippen LogP contribution in [0.15, 0.2) is 47.3 Å². The van der Waals surface area contributed by atoms with Crippen molar-refractivity contribution < 1.29 is 18.7 Å². The molecule has 0 atom stereocenters. The zero-order chi connectivity index (χ0) is 18.1. The average Bonchev–Trinajstić information content (AvgIpc) is 3.09. The van der Waals surface area contributed by atoms with Gasteiger partial charge in [0.1, 0.15) is 12.4 Å². The molecule has 0 aliphatic heterocycles. The monoisotopic (exact) mass is 345 g/mol. The lowest BCUT2D eigenvalue weighted by Crippen LogP contribution is -2.40. The first-order valence-corrected chi connectivity index (χ1v) is 8.12. The quantitative estimate of drug-likeness (QED) is 0.721. The lowest BCUT2D eigenvalue weighted by molar-refractivity contribution is -0.114. The summed E-state index contributed by atoms with van der Waals surface area (Å²) in [6, 6.07) is 8.79. The van der Waals surface area contributed by atoms with E-state index >= 15 is 0 Å². The Hall–Kier alpha value is -2.96. The third-order valence-electron chi connectivity index (χ3n) is 3.42. The molecule has 134 valence electrons. The fraction of sp³-hybridized carbons (Fsp3) is 0.333. The van der Waals surface area contributed by atoms with E-state index in [4.69, 9.17) is 9.15 Å². The van der Waals surface area contributed by atoms with Gasteiger partial charge in [-0.15, -0.1) is 0 Å². The molecule has 0 aliphatic carbocycles. The van der Waals surface area contributed by atoms with E-state index in [0.717, 1.165) is 5.56 Å². The molecule has 2 rings (SSSR count). The number of ether oxygens (including phenoxy) is 1. The van der Waals surface area contributed by atoms with Crippen molar-refractivity contribution in [3.05, 3.63) is 48.4 Å². The van der Waals surface area contributed by atoms with E-state index in [1.165, 1.54) is 6.92 Å². The molecule has 25 heavy (non-hydrogen) atoms. The van der Waals surface area contributed by atoms with Crippen LogP contribution >= 0.6 is 0 Å². The van der Waals surface area contributed by atoms with E-state index in [1.807, 2.05) is 13.0 Å². The highest BCUT2D eigenvalue weighted by Crippen LogP contribution is 2.17. The Morgan fingerprint density at radius 3 is 2.80 bits per heavy atom.